The summed E-state index contributed by atoms with van der Waals surface area (Å²) in [5.41, 5.74) is 2.73. The van der Waals surface area contributed by atoms with Crippen LogP contribution in [-0.4, -0.2) is 25.0 Å². The van der Waals surface area contributed by atoms with E-state index in [2.05, 4.69) is 11.4 Å². The monoisotopic (exact) mass is 338 g/mol. The summed E-state index contributed by atoms with van der Waals surface area (Å²) in [6.45, 7) is 0.291. The van der Waals surface area contributed by atoms with E-state index in [1.54, 1.807) is 30.3 Å². The van der Waals surface area contributed by atoms with Gasteiger partial charge in [-0.05, 0) is 55.9 Å². The predicted molar refractivity (Wildman–Crippen MR) is 95.3 cm³/mol. The SMILES string of the molecule is N#Cc1ccc(/C=C/C(=O)OCC(=O)NCCC2=CCCCC2)cc1. The largest absolute Gasteiger partial charge is 0.452 e. The first-order valence-electron chi connectivity index (χ1n) is 8.47. The van der Waals surface area contributed by atoms with Gasteiger partial charge in [-0.1, -0.05) is 23.8 Å². The summed E-state index contributed by atoms with van der Waals surface area (Å²) < 4.78 is 4.91. The third-order valence-corrected chi connectivity index (χ3v) is 3.95. The number of nitrogens with one attached hydrogen (secondary N) is 1. The van der Waals surface area contributed by atoms with Crippen LogP contribution in [0.2, 0.25) is 0 Å². The summed E-state index contributed by atoms with van der Waals surface area (Å²) in [5.74, 6) is -0.869. The first kappa shape index (κ1) is 18.5. The zero-order valence-corrected chi connectivity index (χ0v) is 14.2. The van der Waals surface area contributed by atoms with Crippen molar-refractivity contribution in [3.63, 3.8) is 0 Å². The Morgan fingerprint density at radius 3 is 2.72 bits per heavy atom. The van der Waals surface area contributed by atoms with E-state index >= 15 is 0 Å². The van der Waals surface area contributed by atoms with Crippen molar-refractivity contribution in [1.82, 2.24) is 5.32 Å². The van der Waals surface area contributed by atoms with Gasteiger partial charge in [-0.2, -0.15) is 5.26 Å². The number of hydrogen-bond donors (Lipinski definition) is 1. The van der Waals surface area contributed by atoms with E-state index in [-0.39, 0.29) is 12.5 Å². The van der Waals surface area contributed by atoms with Crippen molar-refractivity contribution < 1.29 is 14.3 Å². The average Bonchev–Trinajstić information content (AvgIpc) is 2.66. The summed E-state index contributed by atoms with van der Waals surface area (Å²) >= 11 is 0. The van der Waals surface area contributed by atoms with Gasteiger partial charge >= 0.3 is 5.97 Å². The maximum absolute atomic E-state index is 11.7. The molecule has 1 aromatic carbocycles. The molecule has 0 aliphatic heterocycles. The highest BCUT2D eigenvalue weighted by Crippen LogP contribution is 2.19. The van der Waals surface area contributed by atoms with Gasteiger partial charge in [0.15, 0.2) is 6.61 Å². The van der Waals surface area contributed by atoms with Crippen LogP contribution in [0.15, 0.2) is 42.0 Å². The normalized spacial score (nSPS) is 13.8. The van der Waals surface area contributed by atoms with Gasteiger partial charge in [0.1, 0.15) is 0 Å². The molecule has 0 spiro atoms. The highest BCUT2D eigenvalue weighted by atomic mass is 16.5. The molecule has 1 amide bonds. The van der Waals surface area contributed by atoms with Crippen molar-refractivity contribution >= 4 is 18.0 Å². The first-order valence-corrected chi connectivity index (χ1v) is 8.47. The molecule has 0 unspecified atom stereocenters. The Bertz CT molecular complexity index is 697. The summed E-state index contributed by atoms with van der Waals surface area (Å²) in [4.78, 5) is 23.3. The van der Waals surface area contributed by atoms with Crippen LogP contribution in [0.5, 0.6) is 0 Å². The fourth-order valence-corrected chi connectivity index (χ4v) is 2.56. The lowest BCUT2D eigenvalue weighted by Crippen LogP contribution is -2.29. The zero-order chi connectivity index (χ0) is 17.9. The Balaban J connectivity index is 1.64. The van der Waals surface area contributed by atoms with Gasteiger partial charge in [-0.3, -0.25) is 4.79 Å². The number of ether oxygens (including phenoxy) is 1. The second-order valence-corrected chi connectivity index (χ2v) is 5.88. The van der Waals surface area contributed by atoms with E-state index in [4.69, 9.17) is 10.00 Å². The predicted octanol–water partition coefficient (Wildman–Crippen LogP) is 3.12. The van der Waals surface area contributed by atoms with Crippen molar-refractivity contribution in [2.75, 3.05) is 13.2 Å². The number of rotatable bonds is 7. The van der Waals surface area contributed by atoms with Gasteiger partial charge in [0.25, 0.3) is 5.91 Å². The molecule has 0 atom stereocenters. The second kappa shape index (κ2) is 10.1. The minimum Gasteiger partial charge on any atom is -0.452 e. The molecule has 0 heterocycles. The first-order chi connectivity index (χ1) is 12.2. The molecule has 25 heavy (non-hydrogen) atoms. The molecule has 0 bridgehead atoms. The van der Waals surface area contributed by atoms with Crippen molar-refractivity contribution in [1.29, 1.82) is 5.26 Å². The average molecular weight is 338 g/mol. The minimum atomic E-state index is -0.575. The molecule has 0 fully saturated rings. The minimum absolute atomic E-state index is 0.282. The van der Waals surface area contributed by atoms with Crippen LogP contribution in [0, 0.1) is 11.3 Å². The van der Waals surface area contributed by atoms with Gasteiger partial charge in [-0.15, -0.1) is 0 Å². The fraction of sp³-hybridized carbons (Fsp3) is 0.350. The van der Waals surface area contributed by atoms with E-state index in [1.165, 1.54) is 24.5 Å². The molecule has 1 aliphatic rings. The van der Waals surface area contributed by atoms with E-state index < -0.39 is 5.97 Å². The number of esters is 1. The van der Waals surface area contributed by atoms with Crippen molar-refractivity contribution in [3.05, 3.63) is 53.1 Å². The molecule has 1 aromatic rings. The molecule has 0 radical (unpaired) electrons. The Labute approximate surface area is 148 Å². The van der Waals surface area contributed by atoms with Gasteiger partial charge < -0.3 is 10.1 Å². The molecule has 5 nitrogen and oxygen atoms in total. The number of nitrogens with zero attached hydrogens (tertiary/aromatic N) is 1. The molecule has 0 saturated heterocycles. The molecule has 1 aliphatic carbocycles. The van der Waals surface area contributed by atoms with Gasteiger partial charge in [0.2, 0.25) is 0 Å². The maximum atomic E-state index is 11.7. The van der Waals surface area contributed by atoms with Crippen molar-refractivity contribution in [2.24, 2.45) is 0 Å². The van der Waals surface area contributed by atoms with Crippen LogP contribution < -0.4 is 5.32 Å². The number of carbonyl (C=O) groups excluding carboxylic acids is 2. The number of hydrogen-bond acceptors (Lipinski definition) is 4. The lowest BCUT2D eigenvalue weighted by Gasteiger charge is -2.12. The number of allylic oxidation sites excluding steroid dienone is 1. The smallest absolute Gasteiger partial charge is 0.331 e. The second-order valence-electron chi connectivity index (χ2n) is 5.88. The number of carbonyl (C=O) groups is 2. The summed E-state index contributed by atoms with van der Waals surface area (Å²) in [6.07, 6.45) is 10.7. The Hall–Kier alpha value is -2.87. The maximum Gasteiger partial charge on any atom is 0.331 e. The Kier molecular flexibility index (Phi) is 7.45. The quantitative estimate of drug-likeness (QED) is 0.471. The van der Waals surface area contributed by atoms with Crippen molar-refractivity contribution in [3.8, 4) is 6.07 Å². The van der Waals surface area contributed by atoms with Gasteiger partial charge in [0, 0.05) is 12.6 Å². The van der Waals surface area contributed by atoms with Crippen LogP contribution in [-0.2, 0) is 14.3 Å². The third kappa shape index (κ3) is 7.05. The van der Waals surface area contributed by atoms with Gasteiger partial charge in [-0.25, -0.2) is 4.79 Å². The van der Waals surface area contributed by atoms with Crippen molar-refractivity contribution in [2.45, 2.75) is 32.1 Å². The molecule has 0 aromatic heterocycles. The molecule has 2 rings (SSSR count). The molecular weight excluding hydrogens is 316 g/mol. The molecule has 1 N–H and O–H groups in total. The lowest BCUT2D eigenvalue weighted by molar-refractivity contribution is -0.143. The summed E-state index contributed by atoms with van der Waals surface area (Å²) in [7, 11) is 0. The fourth-order valence-electron chi connectivity index (χ4n) is 2.56. The standard InChI is InChI=1S/C20H22N2O3/c21-14-18-8-6-17(7-9-18)10-11-20(24)25-15-19(23)22-13-12-16-4-2-1-3-5-16/h4,6-11H,1-3,5,12-13,15H2,(H,22,23)/b11-10+. The molecule has 5 heteroatoms. The summed E-state index contributed by atoms with van der Waals surface area (Å²) in [6, 6.07) is 8.82. The molecule has 130 valence electrons. The number of nitriles is 1. The number of benzene rings is 1. The Morgan fingerprint density at radius 2 is 2.04 bits per heavy atom. The van der Waals surface area contributed by atoms with Crippen LogP contribution in [0.25, 0.3) is 6.08 Å². The number of amides is 1. The Morgan fingerprint density at radius 1 is 1.24 bits per heavy atom. The van der Waals surface area contributed by atoms with Crippen LogP contribution in [0.4, 0.5) is 0 Å². The van der Waals surface area contributed by atoms with Crippen LogP contribution in [0.3, 0.4) is 0 Å². The third-order valence-electron chi connectivity index (χ3n) is 3.95. The highest BCUT2D eigenvalue weighted by molar-refractivity contribution is 5.89. The van der Waals surface area contributed by atoms with E-state index in [0.717, 1.165) is 24.8 Å². The van der Waals surface area contributed by atoms with Gasteiger partial charge in [0.05, 0.1) is 11.6 Å². The lowest BCUT2D eigenvalue weighted by atomic mass is 9.97. The van der Waals surface area contributed by atoms with E-state index in [0.29, 0.717) is 12.1 Å². The summed E-state index contributed by atoms with van der Waals surface area (Å²) in [5, 5.41) is 11.5. The van der Waals surface area contributed by atoms with E-state index in [1.807, 2.05) is 6.07 Å². The molecular formula is C20H22N2O3. The van der Waals surface area contributed by atoms with Crippen LogP contribution in [0.1, 0.15) is 43.2 Å². The topological polar surface area (TPSA) is 79.2 Å². The highest BCUT2D eigenvalue weighted by Gasteiger charge is 2.07. The van der Waals surface area contributed by atoms with Crippen LogP contribution >= 0.6 is 0 Å². The zero-order valence-electron chi connectivity index (χ0n) is 14.2. The molecule has 0 saturated carbocycles. The van der Waals surface area contributed by atoms with E-state index in [9.17, 15) is 9.59 Å².